The molecule has 0 heterocycles. The van der Waals surface area contributed by atoms with Crippen LogP contribution < -0.4 is 0 Å². The highest BCUT2D eigenvalue weighted by Gasteiger charge is 2.21. The van der Waals surface area contributed by atoms with Gasteiger partial charge in [0.25, 0.3) is 0 Å². The van der Waals surface area contributed by atoms with Crippen LogP contribution in [-0.2, 0) is 6.42 Å². The van der Waals surface area contributed by atoms with Crippen molar-refractivity contribution in [1.82, 2.24) is 0 Å². The smallest absolute Gasteiger partial charge is 0.0798 e. The minimum atomic E-state index is -0.361. The molecule has 100 valence electrons. The van der Waals surface area contributed by atoms with Gasteiger partial charge in [-0.25, -0.2) is 0 Å². The van der Waals surface area contributed by atoms with E-state index in [1.165, 1.54) is 10.9 Å². The molecule has 1 atom stereocenters. The lowest BCUT2D eigenvalue weighted by Crippen LogP contribution is -2.09. The number of hydrogen-bond acceptors (Lipinski definition) is 1. The highest BCUT2D eigenvalue weighted by molar-refractivity contribution is 6.37. The number of hydrogen-bond donors (Lipinski definition) is 1. The van der Waals surface area contributed by atoms with Crippen LogP contribution in [0.25, 0.3) is 21.5 Å². The molecule has 0 fully saturated rings. The number of aryl methyl sites for hydroxylation is 1. The summed E-state index contributed by atoms with van der Waals surface area (Å²) in [5, 5.41) is 15.7. The molecule has 1 aliphatic rings. The van der Waals surface area contributed by atoms with Crippen molar-refractivity contribution in [2.75, 3.05) is 0 Å². The third-order valence-corrected chi connectivity index (χ3v) is 4.69. The predicted molar refractivity (Wildman–Crippen MR) is 84.4 cm³/mol. The van der Waals surface area contributed by atoms with Gasteiger partial charge in [-0.1, -0.05) is 48.0 Å². The molecule has 2 heteroatoms. The van der Waals surface area contributed by atoms with Crippen LogP contribution in [-0.4, -0.2) is 5.11 Å². The first-order valence-corrected chi connectivity index (χ1v) is 7.44. The van der Waals surface area contributed by atoms with Crippen LogP contribution in [0.1, 0.15) is 30.1 Å². The third-order valence-electron chi connectivity index (χ3n) is 4.38. The highest BCUT2D eigenvalue weighted by atomic mass is 35.5. The molecule has 0 aliphatic heterocycles. The van der Waals surface area contributed by atoms with Gasteiger partial charge in [-0.15, -0.1) is 0 Å². The van der Waals surface area contributed by atoms with Crippen LogP contribution in [0.15, 0.2) is 42.5 Å². The largest absolute Gasteiger partial charge is 0.388 e. The van der Waals surface area contributed by atoms with Gasteiger partial charge in [0.1, 0.15) is 0 Å². The maximum Gasteiger partial charge on any atom is 0.0798 e. The summed E-state index contributed by atoms with van der Waals surface area (Å²) in [6.07, 6.45) is 2.59. The van der Waals surface area contributed by atoms with E-state index < -0.39 is 0 Å². The fourth-order valence-electron chi connectivity index (χ4n) is 3.44. The van der Waals surface area contributed by atoms with E-state index in [-0.39, 0.29) is 6.10 Å². The standard InChI is InChI=1S/C18H15ClO/c19-16-10-15-13(12-5-1-2-6-14(12)16)9-8-11-4-3-7-17(20)18(11)15/h1-2,5-6,8-10,17,20H,3-4,7H2. The average molecular weight is 283 g/mol. The Kier molecular flexibility index (Phi) is 2.73. The van der Waals surface area contributed by atoms with E-state index in [1.807, 2.05) is 24.3 Å². The van der Waals surface area contributed by atoms with Gasteiger partial charge in [-0.3, -0.25) is 0 Å². The van der Waals surface area contributed by atoms with Crippen molar-refractivity contribution in [2.45, 2.75) is 25.4 Å². The molecular weight excluding hydrogens is 268 g/mol. The first-order chi connectivity index (χ1) is 9.75. The Morgan fingerprint density at radius 3 is 2.55 bits per heavy atom. The Hall–Kier alpha value is -1.57. The second kappa shape index (κ2) is 4.47. The average Bonchev–Trinajstić information content (AvgIpc) is 2.47. The van der Waals surface area contributed by atoms with E-state index in [9.17, 15) is 5.11 Å². The quantitative estimate of drug-likeness (QED) is 0.574. The van der Waals surface area contributed by atoms with Crippen molar-refractivity contribution < 1.29 is 5.11 Å². The van der Waals surface area contributed by atoms with Crippen LogP contribution in [0.5, 0.6) is 0 Å². The Bertz CT molecular complexity index is 822. The number of aliphatic hydroxyl groups is 1. The first-order valence-electron chi connectivity index (χ1n) is 7.06. The number of halogens is 1. The van der Waals surface area contributed by atoms with Gasteiger partial charge in [0.15, 0.2) is 0 Å². The van der Waals surface area contributed by atoms with E-state index in [4.69, 9.17) is 11.6 Å². The molecule has 1 unspecified atom stereocenters. The molecule has 0 bridgehead atoms. The summed E-state index contributed by atoms with van der Waals surface area (Å²) in [5.74, 6) is 0. The van der Waals surface area contributed by atoms with Crippen LogP contribution >= 0.6 is 11.6 Å². The summed E-state index contributed by atoms with van der Waals surface area (Å²) >= 11 is 6.44. The van der Waals surface area contributed by atoms with Crippen molar-refractivity contribution in [3.63, 3.8) is 0 Å². The second-order valence-corrected chi connectivity index (χ2v) is 5.95. The van der Waals surface area contributed by atoms with Crippen molar-refractivity contribution in [3.05, 3.63) is 58.6 Å². The number of benzene rings is 3. The minimum Gasteiger partial charge on any atom is -0.388 e. The van der Waals surface area contributed by atoms with E-state index in [0.29, 0.717) is 0 Å². The summed E-state index contributed by atoms with van der Waals surface area (Å²) in [6.45, 7) is 0. The molecule has 3 aromatic rings. The van der Waals surface area contributed by atoms with Crippen LogP contribution in [0.4, 0.5) is 0 Å². The van der Waals surface area contributed by atoms with E-state index in [2.05, 4.69) is 18.2 Å². The summed E-state index contributed by atoms with van der Waals surface area (Å²) in [7, 11) is 0. The molecular formula is C18H15ClO. The van der Waals surface area contributed by atoms with Gasteiger partial charge < -0.3 is 5.11 Å². The van der Waals surface area contributed by atoms with E-state index >= 15 is 0 Å². The fraction of sp³-hybridized carbons (Fsp3) is 0.222. The molecule has 0 radical (unpaired) electrons. The molecule has 0 spiro atoms. The zero-order chi connectivity index (χ0) is 13.7. The van der Waals surface area contributed by atoms with E-state index in [1.54, 1.807) is 0 Å². The molecule has 1 aliphatic carbocycles. The van der Waals surface area contributed by atoms with Gasteiger partial charge >= 0.3 is 0 Å². The normalized spacial score (nSPS) is 18.4. The van der Waals surface area contributed by atoms with Crippen molar-refractivity contribution >= 4 is 33.1 Å². The van der Waals surface area contributed by atoms with Crippen LogP contribution in [0.3, 0.4) is 0 Å². The molecule has 0 amide bonds. The zero-order valence-corrected chi connectivity index (χ0v) is 11.8. The SMILES string of the molecule is OC1CCCc2ccc3c(cc(Cl)c4ccccc43)c21. The Morgan fingerprint density at radius 2 is 1.70 bits per heavy atom. The zero-order valence-electron chi connectivity index (χ0n) is 11.1. The van der Waals surface area contributed by atoms with Gasteiger partial charge in [0, 0.05) is 10.4 Å². The summed E-state index contributed by atoms with van der Waals surface area (Å²) < 4.78 is 0. The monoisotopic (exact) mass is 282 g/mol. The number of aliphatic hydroxyl groups excluding tert-OH is 1. The van der Waals surface area contributed by atoms with Gasteiger partial charge in [-0.2, -0.15) is 0 Å². The fourth-order valence-corrected chi connectivity index (χ4v) is 3.72. The number of fused-ring (bicyclic) bond motifs is 5. The molecule has 20 heavy (non-hydrogen) atoms. The Morgan fingerprint density at radius 1 is 0.950 bits per heavy atom. The lowest BCUT2D eigenvalue weighted by atomic mass is 9.85. The maximum atomic E-state index is 10.4. The summed E-state index contributed by atoms with van der Waals surface area (Å²) in [5.41, 5.74) is 2.35. The summed E-state index contributed by atoms with van der Waals surface area (Å²) in [4.78, 5) is 0. The number of rotatable bonds is 0. The molecule has 3 aromatic carbocycles. The maximum absolute atomic E-state index is 10.4. The highest BCUT2D eigenvalue weighted by Crippen LogP contribution is 2.40. The lowest BCUT2D eigenvalue weighted by Gasteiger charge is -2.24. The Balaban J connectivity index is 2.19. The first kappa shape index (κ1) is 12.2. The Labute approximate surface area is 122 Å². The van der Waals surface area contributed by atoms with Crippen molar-refractivity contribution in [3.8, 4) is 0 Å². The molecule has 0 aromatic heterocycles. The predicted octanol–water partition coefficient (Wildman–Crippen LogP) is 5.02. The van der Waals surface area contributed by atoms with Gasteiger partial charge in [0.2, 0.25) is 0 Å². The molecule has 1 nitrogen and oxygen atoms in total. The molecule has 0 saturated heterocycles. The molecule has 0 saturated carbocycles. The topological polar surface area (TPSA) is 20.2 Å². The minimum absolute atomic E-state index is 0.361. The molecule has 4 rings (SSSR count). The summed E-state index contributed by atoms with van der Waals surface area (Å²) in [6, 6.07) is 14.6. The van der Waals surface area contributed by atoms with Crippen LogP contribution in [0, 0.1) is 0 Å². The third kappa shape index (κ3) is 1.67. The van der Waals surface area contributed by atoms with Crippen LogP contribution in [0.2, 0.25) is 5.02 Å². The van der Waals surface area contributed by atoms with E-state index in [0.717, 1.165) is 46.0 Å². The van der Waals surface area contributed by atoms with Crippen molar-refractivity contribution in [2.24, 2.45) is 0 Å². The molecule has 1 N–H and O–H groups in total. The van der Waals surface area contributed by atoms with Gasteiger partial charge in [-0.05, 0) is 52.6 Å². The van der Waals surface area contributed by atoms with Crippen molar-refractivity contribution in [1.29, 1.82) is 0 Å². The van der Waals surface area contributed by atoms with Gasteiger partial charge in [0.05, 0.1) is 6.10 Å². The second-order valence-electron chi connectivity index (χ2n) is 5.55. The lowest BCUT2D eigenvalue weighted by molar-refractivity contribution is 0.158.